The van der Waals surface area contributed by atoms with Gasteiger partial charge in [0.25, 0.3) is 0 Å². The number of rotatable bonds is 6. The molecule has 1 aliphatic heterocycles. The first kappa shape index (κ1) is 18.1. The van der Waals surface area contributed by atoms with E-state index in [0.29, 0.717) is 18.7 Å². The lowest BCUT2D eigenvalue weighted by Gasteiger charge is -2.28. The van der Waals surface area contributed by atoms with Gasteiger partial charge in [-0.1, -0.05) is 48.5 Å². The number of carbonyl (C=O) groups is 1. The van der Waals surface area contributed by atoms with Gasteiger partial charge in [0.2, 0.25) is 0 Å². The monoisotopic (exact) mass is 373 g/mol. The summed E-state index contributed by atoms with van der Waals surface area (Å²) in [4.78, 5) is 13.6. The maximum atomic E-state index is 11.3. The maximum Gasteiger partial charge on any atom is 0.335 e. The van der Waals surface area contributed by atoms with Gasteiger partial charge in [0.15, 0.2) is 0 Å². The number of nitrogens with zero attached hydrogens (tertiary/aromatic N) is 1. The van der Waals surface area contributed by atoms with E-state index in [2.05, 4.69) is 35.3 Å². The molecule has 1 heterocycles. The summed E-state index contributed by atoms with van der Waals surface area (Å²) >= 11 is 0. The Morgan fingerprint density at radius 2 is 1.96 bits per heavy atom. The van der Waals surface area contributed by atoms with Crippen molar-refractivity contribution in [3.8, 4) is 0 Å². The lowest BCUT2D eigenvalue weighted by Crippen LogP contribution is -2.21. The van der Waals surface area contributed by atoms with Crippen LogP contribution in [0, 0.1) is 5.92 Å². The summed E-state index contributed by atoms with van der Waals surface area (Å²) in [7, 11) is 0. The molecule has 1 unspecified atom stereocenters. The molecule has 2 aromatic carbocycles. The lowest BCUT2D eigenvalue weighted by atomic mass is 9.96. The van der Waals surface area contributed by atoms with Crippen LogP contribution in [-0.4, -0.2) is 22.6 Å². The highest BCUT2D eigenvalue weighted by Gasteiger charge is 2.32. The molecule has 0 saturated heterocycles. The fourth-order valence-electron chi connectivity index (χ4n) is 3.86. The molecule has 4 nitrogen and oxygen atoms in total. The molecule has 2 aliphatic rings. The number of ether oxygens (including phenoxy) is 1. The second kappa shape index (κ2) is 7.77. The second-order valence-corrected chi connectivity index (χ2v) is 6.98. The molecular formula is C24H23NO3. The summed E-state index contributed by atoms with van der Waals surface area (Å²) in [5, 5.41) is 9.31. The Hall–Kier alpha value is -3.27. The van der Waals surface area contributed by atoms with E-state index in [-0.39, 0.29) is 5.92 Å². The summed E-state index contributed by atoms with van der Waals surface area (Å²) in [5.74, 6) is 0.375. The minimum absolute atomic E-state index is 0.268. The maximum absolute atomic E-state index is 11.3. The summed E-state index contributed by atoms with van der Waals surface area (Å²) in [6.07, 6.45) is 7.33. The molecule has 28 heavy (non-hydrogen) atoms. The molecule has 0 spiro atoms. The SMILES string of the molecule is CCOC1=CC=C2C(C=C(c3ccccc3)N2Cc2cccc(C(=O)O)c2)C1. The Bertz CT molecular complexity index is 972. The zero-order chi connectivity index (χ0) is 19.5. The largest absolute Gasteiger partial charge is 0.498 e. The van der Waals surface area contributed by atoms with Gasteiger partial charge in [-0.15, -0.1) is 0 Å². The van der Waals surface area contributed by atoms with Crippen LogP contribution in [0.4, 0.5) is 0 Å². The highest BCUT2D eigenvalue weighted by atomic mass is 16.5. The predicted molar refractivity (Wildman–Crippen MR) is 109 cm³/mol. The molecule has 0 amide bonds. The molecule has 1 N–H and O–H groups in total. The summed E-state index contributed by atoms with van der Waals surface area (Å²) in [5.41, 5.74) is 4.83. The smallest absolute Gasteiger partial charge is 0.335 e. The molecule has 0 aromatic heterocycles. The number of hydrogen-bond donors (Lipinski definition) is 1. The fraction of sp³-hybridized carbons (Fsp3) is 0.208. The van der Waals surface area contributed by atoms with Crippen LogP contribution in [0.5, 0.6) is 0 Å². The highest BCUT2D eigenvalue weighted by molar-refractivity contribution is 5.87. The summed E-state index contributed by atoms with van der Waals surface area (Å²) in [6.45, 7) is 3.30. The van der Waals surface area contributed by atoms with Gasteiger partial charge in [0, 0.05) is 30.3 Å². The fourth-order valence-corrected chi connectivity index (χ4v) is 3.86. The molecule has 0 saturated carbocycles. The van der Waals surface area contributed by atoms with Crippen LogP contribution < -0.4 is 0 Å². The van der Waals surface area contributed by atoms with E-state index in [1.807, 2.05) is 31.2 Å². The Morgan fingerprint density at radius 1 is 1.14 bits per heavy atom. The zero-order valence-electron chi connectivity index (χ0n) is 15.8. The van der Waals surface area contributed by atoms with Crippen molar-refractivity contribution in [2.45, 2.75) is 19.9 Å². The number of hydrogen-bond acceptors (Lipinski definition) is 3. The molecular weight excluding hydrogens is 350 g/mol. The molecule has 4 rings (SSSR count). The van der Waals surface area contributed by atoms with E-state index in [9.17, 15) is 9.90 Å². The highest BCUT2D eigenvalue weighted by Crippen LogP contribution is 2.42. The number of carboxylic acids is 1. The van der Waals surface area contributed by atoms with Crippen molar-refractivity contribution in [3.05, 3.63) is 101 Å². The van der Waals surface area contributed by atoms with Crippen LogP contribution in [0.25, 0.3) is 5.70 Å². The van der Waals surface area contributed by atoms with Gasteiger partial charge in [0.1, 0.15) is 0 Å². The minimum atomic E-state index is -0.902. The van der Waals surface area contributed by atoms with Crippen molar-refractivity contribution in [3.63, 3.8) is 0 Å². The first-order chi connectivity index (χ1) is 13.7. The van der Waals surface area contributed by atoms with E-state index < -0.39 is 5.97 Å². The normalized spacial score (nSPS) is 18.1. The van der Waals surface area contributed by atoms with Crippen LogP contribution >= 0.6 is 0 Å². The van der Waals surface area contributed by atoms with Gasteiger partial charge in [-0.25, -0.2) is 4.79 Å². The Labute approximate surface area is 165 Å². The number of carboxylic acid groups (broad SMARTS) is 1. The topological polar surface area (TPSA) is 49.8 Å². The minimum Gasteiger partial charge on any atom is -0.498 e. The molecule has 0 fully saturated rings. The van der Waals surface area contributed by atoms with Gasteiger partial charge in [0.05, 0.1) is 17.9 Å². The average Bonchev–Trinajstić information content (AvgIpc) is 3.07. The van der Waals surface area contributed by atoms with Crippen LogP contribution in [0.3, 0.4) is 0 Å². The zero-order valence-corrected chi connectivity index (χ0v) is 15.8. The molecule has 2 aromatic rings. The quantitative estimate of drug-likeness (QED) is 0.768. The average molecular weight is 373 g/mol. The first-order valence-corrected chi connectivity index (χ1v) is 9.56. The predicted octanol–water partition coefficient (Wildman–Crippen LogP) is 5.07. The molecule has 0 radical (unpaired) electrons. The van der Waals surface area contributed by atoms with Crippen LogP contribution in [0.1, 0.15) is 34.8 Å². The van der Waals surface area contributed by atoms with E-state index in [4.69, 9.17) is 4.74 Å². The number of allylic oxidation sites excluding steroid dienone is 4. The van der Waals surface area contributed by atoms with Gasteiger partial charge < -0.3 is 14.7 Å². The number of fused-ring (bicyclic) bond motifs is 1. The van der Waals surface area contributed by atoms with Crippen molar-refractivity contribution in [2.24, 2.45) is 5.92 Å². The standard InChI is InChI=1S/C24H23NO3/c1-2-28-21-11-12-22-20(14-21)15-23(18-8-4-3-5-9-18)25(22)16-17-7-6-10-19(13-17)24(26)27/h3-13,15,20H,2,14,16H2,1H3,(H,26,27). The van der Waals surface area contributed by atoms with Crippen LogP contribution in [0.15, 0.2) is 84.3 Å². The van der Waals surface area contributed by atoms with Gasteiger partial charge >= 0.3 is 5.97 Å². The van der Waals surface area contributed by atoms with Crippen molar-refractivity contribution < 1.29 is 14.6 Å². The summed E-state index contributed by atoms with van der Waals surface area (Å²) < 4.78 is 5.73. The Balaban J connectivity index is 1.70. The lowest BCUT2D eigenvalue weighted by molar-refractivity contribution is 0.0696. The van der Waals surface area contributed by atoms with Crippen LogP contribution in [-0.2, 0) is 11.3 Å². The summed E-state index contributed by atoms with van der Waals surface area (Å²) in [6, 6.07) is 17.5. The van der Waals surface area contributed by atoms with Crippen molar-refractivity contribution in [1.29, 1.82) is 0 Å². The number of benzene rings is 2. The van der Waals surface area contributed by atoms with E-state index >= 15 is 0 Å². The Kier molecular flexibility index (Phi) is 5.02. The first-order valence-electron chi connectivity index (χ1n) is 9.56. The third-order valence-electron chi connectivity index (χ3n) is 5.12. The van der Waals surface area contributed by atoms with Crippen LogP contribution in [0.2, 0.25) is 0 Å². The number of aromatic carboxylic acids is 1. The third kappa shape index (κ3) is 3.58. The second-order valence-electron chi connectivity index (χ2n) is 6.98. The molecule has 1 atom stereocenters. The van der Waals surface area contributed by atoms with Crippen molar-refractivity contribution in [2.75, 3.05) is 6.61 Å². The van der Waals surface area contributed by atoms with E-state index in [0.717, 1.165) is 29.0 Å². The molecule has 142 valence electrons. The van der Waals surface area contributed by atoms with Gasteiger partial charge in [-0.05, 0) is 42.3 Å². The van der Waals surface area contributed by atoms with E-state index in [1.165, 1.54) is 5.70 Å². The van der Waals surface area contributed by atoms with Crippen molar-refractivity contribution in [1.82, 2.24) is 4.90 Å². The van der Waals surface area contributed by atoms with Gasteiger partial charge in [-0.3, -0.25) is 0 Å². The molecule has 1 aliphatic carbocycles. The molecule has 4 heteroatoms. The van der Waals surface area contributed by atoms with Crippen molar-refractivity contribution >= 4 is 11.7 Å². The third-order valence-corrected chi connectivity index (χ3v) is 5.12. The Morgan fingerprint density at radius 3 is 2.71 bits per heavy atom. The molecule has 0 bridgehead atoms. The van der Waals surface area contributed by atoms with E-state index in [1.54, 1.807) is 18.2 Å². The van der Waals surface area contributed by atoms with Gasteiger partial charge in [-0.2, -0.15) is 0 Å².